The molecule has 144 valence electrons. The van der Waals surface area contributed by atoms with Crippen molar-refractivity contribution in [2.75, 3.05) is 23.8 Å². The minimum absolute atomic E-state index is 0.292. The van der Waals surface area contributed by atoms with Gasteiger partial charge in [0.25, 0.3) is 5.91 Å². The molecule has 0 aliphatic rings. The quantitative estimate of drug-likeness (QED) is 0.681. The van der Waals surface area contributed by atoms with Gasteiger partial charge in [-0.2, -0.15) is 0 Å². The van der Waals surface area contributed by atoms with Gasteiger partial charge < -0.3 is 10.2 Å². The summed E-state index contributed by atoms with van der Waals surface area (Å²) in [6.45, 7) is 4.63. The third-order valence-electron chi connectivity index (χ3n) is 4.40. The van der Waals surface area contributed by atoms with Crippen LogP contribution in [0.3, 0.4) is 0 Å². The van der Waals surface area contributed by atoms with Gasteiger partial charge in [-0.05, 0) is 55.2 Å². The van der Waals surface area contributed by atoms with Crippen molar-refractivity contribution in [3.63, 3.8) is 0 Å². The molecular weight excluding hydrogens is 374 g/mol. The predicted octanol–water partition coefficient (Wildman–Crippen LogP) is 4.07. The molecule has 0 radical (unpaired) electrons. The van der Waals surface area contributed by atoms with Crippen molar-refractivity contribution in [2.45, 2.75) is 20.3 Å². The minimum Gasteiger partial charge on any atom is -0.344 e. The van der Waals surface area contributed by atoms with Gasteiger partial charge in [-0.3, -0.25) is 9.78 Å². The Hall–Kier alpha value is -2.99. The van der Waals surface area contributed by atoms with Crippen LogP contribution in [0.4, 0.5) is 11.6 Å². The normalized spacial score (nSPS) is 10.6. The molecule has 1 aromatic carbocycles. The molecule has 0 unspecified atom stereocenters. The van der Waals surface area contributed by atoms with E-state index < -0.39 is 0 Å². The number of nitrogens with one attached hydrogen (secondary N) is 1. The highest BCUT2D eigenvalue weighted by Gasteiger charge is 2.13. The summed E-state index contributed by atoms with van der Waals surface area (Å²) in [6, 6.07) is 7.76. The summed E-state index contributed by atoms with van der Waals surface area (Å²) in [4.78, 5) is 27.1. The maximum absolute atomic E-state index is 12.5. The van der Waals surface area contributed by atoms with E-state index in [-0.39, 0.29) is 5.91 Å². The van der Waals surface area contributed by atoms with Crippen LogP contribution in [0.1, 0.15) is 27.0 Å². The van der Waals surface area contributed by atoms with Crippen molar-refractivity contribution in [2.24, 2.45) is 0 Å². The highest BCUT2D eigenvalue weighted by Crippen LogP contribution is 2.27. The summed E-state index contributed by atoms with van der Waals surface area (Å²) < 4.78 is 0. The van der Waals surface area contributed by atoms with Gasteiger partial charge in [-0.25, -0.2) is 9.97 Å². The van der Waals surface area contributed by atoms with E-state index in [9.17, 15) is 4.79 Å². The maximum atomic E-state index is 12.5. The largest absolute Gasteiger partial charge is 0.344 e. The number of hydrogen-bond donors (Lipinski definition) is 1. The second-order valence-electron chi connectivity index (χ2n) is 6.69. The Kier molecular flexibility index (Phi) is 6.21. The van der Waals surface area contributed by atoms with E-state index in [0.29, 0.717) is 22.2 Å². The van der Waals surface area contributed by atoms with Crippen molar-refractivity contribution < 1.29 is 4.79 Å². The number of pyridine rings is 1. The van der Waals surface area contributed by atoms with Crippen molar-refractivity contribution in [1.82, 2.24) is 15.0 Å². The molecule has 3 rings (SSSR count). The van der Waals surface area contributed by atoms with Gasteiger partial charge in [0.05, 0.1) is 16.3 Å². The first-order chi connectivity index (χ1) is 13.4. The lowest BCUT2D eigenvalue weighted by molar-refractivity contribution is 0.102. The molecule has 0 bridgehead atoms. The minimum atomic E-state index is -0.292. The first kappa shape index (κ1) is 19.8. The van der Waals surface area contributed by atoms with Gasteiger partial charge in [-0.15, -0.1) is 0 Å². The molecule has 0 atom stereocenters. The standard InChI is InChI=1S/C21H22ClN5O/c1-14-10-15(2)19(18(22)11-14)26-20(28)17-12-24-21(25-13-17)27(3)9-6-16-4-7-23-8-5-16/h4-5,7-8,10-13H,6,9H2,1-3H3,(H,26,28). The molecule has 3 aromatic rings. The molecule has 0 aliphatic heterocycles. The lowest BCUT2D eigenvalue weighted by Gasteiger charge is -2.17. The third-order valence-corrected chi connectivity index (χ3v) is 4.70. The topological polar surface area (TPSA) is 71.0 Å². The summed E-state index contributed by atoms with van der Waals surface area (Å²) in [7, 11) is 1.92. The molecule has 0 aliphatic carbocycles. The van der Waals surface area contributed by atoms with E-state index in [4.69, 9.17) is 11.6 Å². The van der Waals surface area contributed by atoms with Crippen LogP contribution >= 0.6 is 11.6 Å². The Bertz CT molecular complexity index is 937. The molecule has 2 heterocycles. The zero-order chi connectivity index (χ0) is 20.1. The lowest BCUT2D eigenvalue weighted by atomic mass is 10.1. The van der Waals surface area contributed by atoms with Crippen LogP contribution in [0.2, 0.25) is 5.02 Å². The Morgan fingerprint density at radius 3 is 2.46 bits per heavy atom. The highest BCUT2D eigenvalue weighted by atomic mass is 35.5. The Morgan fingerprint density at radius 2 is 1.82 bits per heavy atom. The van der Waals surface area contributed by atoms with Gasteiger partial charge in [0.1, 0.15) is 0 Å². The van der Waals surface area contributed by atoms with E-state index in [1.165, 1.54) is 18.0 Å². The van der Waals surface area contributed by atoms with Gasteiger partial charge in [0, 0.05) is 38.4 Å². The molecule has 7 heteroatoms. The fraction of sp³-hybridized carbons (Fsp3) is 0.238. The number of amides is 1. The first-order valence-corrected chi connectivity index (χ1v) is 9.32. The summed E-state index contributed by atoms with van der Waals surface area (Å²) >= 11 is 6.26. The van der Waals surface area contributed by atoms with Crippen LogP contribution < -0.4 is 10.2 Å². The number of rotatable bonds is 6. The fourth-order valence-electron chi connectivity index (χ4n) is 2.84. The number of nitrogens with zero attached hydrogens (tertiary/aromatic N) is 4. The number of carbonyl (C=O) groups excluding carboxylic acids is 1. The average Bonchev–Trinajstić information content (AvgIpc) is 2.69. The van der Waals surface area contributed by atoms with Crippen LogP contribution in [0.25, 0.3) is 0 Å². The van der Waals surface area contributed by atoms with Crippen LogP contribution in [0.15, 0.2) is 49.1 Å². The first-order valence-electron chi connectivity index (χ1n) is 8.94. The third kappa shape index (κ3) is 4.84. The van der Waals surface area contributed by atoms with E-state index in [0.717, 1.165) is 24.1 Å². The van der Waals surface area contributed by atoms with Gasteiger partial charge >= 0.3 is 0 Å². The van der Waals surface area contributed by atoms with Crippen LogP contribution in [-0.2, 0) is 6.42 Å². The molecule has 28 heavy (non-hydrogen) atoms. The average molecular weight is 396 g/mol. The van der Waals surface area contributed by atoms with Gasteiger partial charge in [-0.1, -0.05) is 17.7 Å². The molecule has 6 nitrogen and oxygen atoms in total. The number of aromatic nitrogens is 3. The molecule has 0 saturated carbocycles. The SMILES string of the molecule is Cc1cc(C)c(NC(=O)c2cnc(N(C)CCc3ccncc3)nc2)c(Cl)c1. The highest BCUT2D eigenvalue weighted by molar-refractivity contribution is 6.34. The zero-order valence-corrected chi connectivity index (χ0v) is 16.9. The van der Waals surface area contributed by atoms with Crippen molar-refractivity contribution in [1.29, 1.82) is 0 Å². The maximum Gasteiger partial charge on any atom is 0.258 e. The number of anilines is 2. The van der Waals surface area contributed by atoms with Gasteiger partial charge in [0.2, 0.25) is 5.95 Å². The summed E-state index contributed by atoms with van der Waals surface area (Å²) in [5.74, 6) is 0.273. The fourth-order valence-corrected chi connectivity index (χ4v) is 3.21. The summed E-state index contributed by atoms with van der Waals surface area (Å²) in [6.07, 6.45) is 7.47. The molecule has 0 spiro atoms. The Labute approximate surface area is 169 Å². The number of aryl methyl sites for hydroxylation is 2. The molecule has 2 aromatic heterocycles. The molecular formula is C21H22ClN5O. The van der Waals surface area contributed by atoms with E-state index in [1.54, 1.807) is 12.4 Å². The van der Waals surface area contributed by atoms with E-state index in [1.807, 2.05) is 50.1 Å². The molecule has 0 fully saturated rings. The Balaban J connectivity index is 1.64. The number of halogens is 1. The number of carbonyl (C=O) groups is 1. The van der Waals surface area contributed by atoms with Crippen LogP contribution in [0.5, 0.6) is 0 Å². The Morgan fingerprint density at radius 1 is 1.14 bits per heavy atom. The molecule has 1 N–H and O–H groups in total. The van der Waals surface area contributed by atoms with Crippen molar-refractivity contribution in [3.05, 3.63) is 76.3 Å². The predicted molar refractivity (Wildman–Crippen MR) is 112 cm³/mol. The molecule has 0 saturated heterocycles. The van der Waals surface area contributed by atoms with Crippen molar-refractivity contribution >= 4 is 29.1 Å². The monoisotopic (exact) mass is 395 g/mol. The van der Waals surface area contributed by atoms with E-state index in [2.05, 4.69) is 20.3 Å². The number of likely N-dealkylation sites (N-methyl/N-ethyl adjacent to an activating group) is 1. The summed E-state index contributed by atoms with van der Waals surface area (Å²) in [5.41, 5.74) is 4.14. The zero-order valence-electron chi connectivity index (χ0n) is 16.1. The van der Waals surface area contributed by atoms with E-state index >= 15 is 0 Å². The molecule has 1 amide bonds. The van der Waals surface area contributed by atoms with Gasteiger partial charge in [0.15, 0.2) is 0 Å². The second kappa shape index (κ2) is 8.80. The number of hydrogen-bond acceptors (Lipinski definition) is 5. The number of benzene rings is 1. The second-order valence-corrected chi connectivity index (χ2v) is 7.10. The smallest absolute Gasteiger partial charge is 0.258 e. The van der Waals surface area contributed by atoms with Crippen LogP contribution in [0, 0.1) is 13.8 Å². The van der Waals surface area contributed by atoms with Crippen molar-refractivity contribution in [3.8, 4) is 0 Å². The lowest BCUT2D eigenvalue weighted by Crippen LogP contribution is -2.23. The van der Waals surface area contributed by atoms with Crippen LogP contribution in [-0.4, -0.2) is 34.5 Å². The summed E-state index contributed by atoms with van der Waals surface area (Å²) in [5, 5.41) is 3.36.